The Morgan fingerprint density at radius 3 is 2.65 bits per heavy atom. The van der Waals surface area contributed by atoms with E-state index in [1.165, 1.54) is 25.7 Å². The minimum Gasteiger partial charge on any atom is -0.333 e. The van der Waals surface area contributed by atoms with Gasteiger partial charge in [-0.15, -0.1) is 0 Å². The Morgan fingerprint density at radius 2 is 2.12 bits per heavy atom. The Bertz CT molecular complexity index is 490. The Hall–Kier alpha value is -0.550. The van der Waals surface area contributed by atoms with Crippen molar-refractivity contribution in [1.29, 1.82) is 0 Å². The van der Waals surface area contributed by atoms with Crippen LogP contribution in [0.15, 0.2) is 11.2 Å². The summed E-state index contributed by atoms with van der Waals surface area (Å²) in [6.45, 7) is 2.83. The van der Waals surface area contributed by atoms with Crippen LogP contribution in [-0.4, -0.2) is 18.0 Å². The summed E-state index contributed by atoms with van der Waals surface area (Å²) < 4.78 is 24.4. The molecule has 0 aromatic carbocycles. The van der Waals surface area contributed by atoms with E-state index in [0.29, 0.717) is 5.92 Å². The first-order valence-electron chi connectivity index (χ1n) is 6.01. The largest absolute Gasteiger partial charge is 0.333 e. The Balaban J connectivity index is 2.23. The van der Waals surface area contributed by atoms with Crippen LogP contribution in [0.3, 0.4) is 0 Å². The second-order valence-electron chi connectivity index (χ2n) is 4.59. The highest BCUT2D eigenvalue weighted by Gasteiger charge is 2.20. The van der Waals surface area contributed by atoms with Gasteiger partial charge in [0.15, 0.2) is 5.03 Å². The predicted molar refractivity (Wildman–Crippen MR) is 66.6 cm³/mol. The van der Waals surface area contributed by atoms with Crippen LogP contribution in [0.4, 0.5) is 0 Å². The topological polar surface area (TPSA) is 52.0 Å². The number of hydrogen-bond donors (Lipinski definition) is 0. The summed E-state index contributed by atoms with van der Waals surface area (Å²) in [5, 5.41) is -0.0194. The van der Waals surface area contributed by atoms with Gasteiger partial charge in [-0.2, -0.15) is 0 Å². The molecule has 17 heavy (non-hydrogen) atoms. The van der Waals surface area contributed by atoms with Crippen LogP contribution >= 0.6 is 10.7 Å². The number of halogens is 1. The zero-order chi connectivity index (χ0) is 12.5. The molecule has 0 unspecified atom stereocenters. The van der Waals surface area contributed by atoms with Crippen molar-refractivity contribution in [3.8, 4) is 0 Å². The number of aromatic nitrogens is 2. The normalized spacial score (nSPS) is 17.8. The summed E-state index contributed by atoms with van der Waals surface area (Å²) >= 11 is 0. The van der Waals surface area contributed by atoms with Crippen molar-refractivity contribution in [3.05, 3.63) is 12.0 Å². The van der Waals surface area contributed by atoms with Crippen molar-refractivity contribution in [1.82, 2.24) is 9.55 Å². The van der Waals surface area contributed by atoms with E-state index < -0.39 is 9.05 Å². The molecule has 0 radical (unpaired) electrons. The molecule has 1 aromatic heterocycles. The van der Waals surface area contributed by atoms with Gasteiger partial charge >= 0.3 is 0 Å². The molecule has 0 atom stereocenters. The lowest BCUT2D eigenvalue weighted by atomic mass is 10.1. The maximum Gasteiger partial charge on any atom is 0.280 e. The smallest absolute Gasteiger partial charge is 0.280 e. The summed E-state index contributed by atoms with van der Waals surface area (Å²) in [6.07, 6.45) is 7.30. The van der Waals surface area contributed by atoms with Crippen LogP contribution in [0.1, 0.15) is 38.4 Å². The van der Waals surface area contributed by atoms with Crippen LogP contribution in [0.5, 0.6) is 0 Å². The highest BCUT2D eigenvalue weighted by atomic mass is 35.7. The van der Waals surface area contributed by atoms with Gasteiger partial charge in [0.25, 0.3) is 9.05 Å². The third-order valence-electron chi connectivity index (χ3n) is 3.33. The van der Waals surface area contributed by atoms with Gasteiger partial charge in [0.05, 0.1) is 0 Å². The maximum atomic E-state index is 11.2. The first-order chi connectivity index (χ1) is 8.00. The molecule has 4 nitrogen and oxygen atoms in total. The fourth-order valence-electron chi connectivity index (χ4n) is 2.46. The van der Waals surface area contributed by atoms with Gasteiger partial charge in [-0.25, -0.2) is 13.4 Å². The molecule has 1 fully saturated rings. The molecule has 1 aliphatic carbocycles. The quantitative estimate of drug-likeness (QED) is 0.794. The number of nitrogens with zero attached hydrogens (tertiary/aromatic N) is 2. The monoisotopic (exact) mass is 276 g/mol. The van der Waals surface area contributed by atoms with Gasteiger partial charge < -0.3 is 4.57 Å². The van der Waals surface area contributed by atoms with Gasteiger partial charge in [0, 0.05) is 29.8 Å². The van der Waals surface area contributed by atoms with E-state index in [-0.39, 0.29) is 5.03 Å². The molecule has 0 spiro atoms. The van der Waals surface area contributed by atoms with Gasteiger partial charge in [-0.1, -0.05) is 19.8 Å². The lowest BCUT2D eigenvalue weighted by Crippen LogP contribution is -2.09. The van der Waals surface area contributed by atoms with E-state index in [4.69, 9.17) is 10.7 Å². The van der Waals surface area contributed by atoms with Gasteiger partial charge in [-0.3, -0.25) is 0 Å². The fourth-order valence-corrected chi connectivity index (χ4v) is 3.15. The third-order valence-corrected chi connectivity index (χ3v) is 4.50. The predicted octanol–water partition coefficient (Wildman–Crippen LogP) is 2.56. The molecule has 1 saturated carbocycles. The molecule has 96 valence electrons. The van der Waals surface area contributed by atoms with Crippen LogP contribution in [0.2, 0.25) is 0 Å². The molecule has 1 aromatic rings. The van der Waals surface area contributed by atoms with Crippen LogP contribution in [0, 0.1) is 5.92 Å². The molecular formula is C11H17ClN2O2S. The summed E-state index contributed by atoms with van der Waals surface area (Å²) in [4.78, 5) is 4.09. The molecule has 0 N–H and O–H groups in total. The lowest BCUT2D eigenvalue weighted by Gasteiger charge is -2.11. The Morgan fingerprint density at radius 1 is 1.47 bits per heavy atom. The number of rotatable bonds is 4. The van der Waals surface area contributed by atoms with Gasteiger partial charge in [0.1, 0.15) is 5.82 Å². The second-order valence-corrected chi connectivity index (χ2v) is 7.10. The van der Waals surface area contributed by atoms with Crippen molar-refractivity contribution in [2.75, 3.05) is 0 Å². The van der Waals surface area contributed by atoms with Crippen molar-refractivity contribution in [3.63, 3.8) is 0 Å². The minimum atomic E-state index is -3.71. The number of imidazole rings is 1. The fraction of sp³-hybridized carbons (Fsp3) is 0.727. The van der Waals surface area contributed by atoms with Crippen LogP contribution < -0.4 is 0 Å². The maximum absolute atomic E-state index is 11.2. The average molecular weight is 277 g/mol. The highest BCUT2D eigenvalue weighted by molar-refractivity contribution is 8.13. The molecule has 2 rings (SSSR count). The van der Waals surface area contributed by atoms with Crippen molar-refractivity contribution in [2.45, 2.75) is 50.6 Å². The van der Waals surface area contributed by atoms with E-state index in [1.807, 2.05) is 11.5 Å². The van der Waals surface area contributed by atoms with E-state index in [9.17, 15) is 8.42 Å². The molecule has 0 amide bonds. The minimum absolute atomic E-state index is 0.0194. The van der Waals surface area contributed by atoms with Crippen LogP contribution in [0.25, 0.3) is 0 Å². The summed E-state index contributed by atoms with van der Waals surface area (Å²) in [7, 11) is 1.61. The Kier molecular flexibility index (Phi) is 3.78. The number of hydrogen-bond acceptors (Lipinski definition) is 3. The summed E-state index contributed by atoms with van der Waals surface area (Å²) in [6, 6.07) is 0. The SMILES string of the molecule is CCc1nc(S(=O)(=O)Cl)cn1CC1CCCC1. The second kappa shape index (κ2) is 4.98. The molecule has 6 heteroatoms. The first kappa shape index (κ1) is 12.9. The molecule has 0 aliphatic heterocycles. The summed E-state index contributed by atoms with van der Waals surface area (Å²) in [5.74, 6) is 1.46. The van der Waals surface area contributed by atoms with Crippen LogP contribution in [-0.2, 0) is 22.0 Å². The highest BCUT2D eigenvalue weighted by Crippen LogP contribution is 2.27. The molecule has 1 heterocycles. The molecular weight excluding hydrogens is 260 g/mol. The summed E-state index contributed by atoms with van der Waals surface area (Å²) in [5.41, 5.74) is 0. The molecule has 0 bridgehead atoms. The zero-order valence-corrected chi connectivity index (χ0v) is 11.5. The van der Waals surface area contributed by atoms with E-state index in [2.05, 4.69) is 4.98 Å². The van der Waals surface area contributed by atoms with E-state index in [0.717, 1.165) is 18.8 Å². The van der Waals surface area contributed by atoms with Crippen molar-refractivity contribution >= 4 is 19.7 Å². The van der Waals surface area contributed by atoms with Crippen molar-refractivity contribution in [2.24, 2.45) is 5.92 Å². The Labute approximate surface area is 106 Å². The third kappa shape index (κ3) is 3.01. The first-order valence-corrected chi connectivity index (χ1v) is 8.32. The lowest BCUT2D eigenvalue weighted by molar-refractivity contribution is 0.447. The molecule has 1 aliphatic rings. The zero-order valence-electron chi connectivity index (χ0n) is 9.89. The van der Waals surface area contributed by atoms with Crippen molar-refractivity contribution < 1.29 is 8.42 Å². The average Bonchev–Trinajstić information content (AvgIpc) is 2.86. The van der Waals surface area contributed by atoms with E-state index >= 15 is 0 Å². The van der Waals surface area contributed by atoms with Gasteiger partial charge in [-0.05, 0) is 18.8 Å². The standard InChI is InChI=1S/C11H17ClN2O2S/c1-2-10-13-11(17(12,15)16)8-14(10)7-9-5-3-4-6-9/h8-9H,2-7H2,1H3. The molecule has 0 saturated heterocycles. The van der Waals surface area contributed by atoms with Gasteiger partial charge in [0.2, 0.25) is 0 Å². The van der Waals surface area contributed by atoms with E-state index in [1.54, 1.807) is 6.20 Å². The number of aryl methyl sites for hydroxylation is 1.